The van der Waals surface area contributed by atoms with E-state index < -0.39 is 6.04 Å². The van der Waals surface area contributed by atoms with Gasteiger partial charge >= 0.3 is 0 Å². The van der Waals surface area contributed by atoms with Crippen LogP contribution in [0.2, 0.25) is 0 Å². The molecule has 1 aromatic carbocycles. The molecule has 0 bridgehead atoms. The maximum absolute atomic E-state index is 12.7. The smallest absolute Gasteiger partial charge is 0.241 e. The zero-order chi connectivity index (χ0) is 14.3. The first-order valence-corrected chi connectivity index (χ1v) is 5.92. The molecule has 0 radical (unpaired) electrons. The molecule has 0 aromatic heterocycles. The van der Waals surface area contributed by atoms with Crippen molar-refractivity contribution < 1.29 is 18.7 Å². The lowest BCUT2D eigenvalue weighted by atomic mass is 10.3. The van der Waals surface area contributed by atoms with E-state index in [1.165, 1.54) is 36.3 Å². The van der Waals surface area contributed by atoms with E-state index in [4.69, 9.17) is 15.2 Å². The first-order chi connectivity index (χ1) is 9.04. The van der Waals surface area contributed by atoms with Gasteiger partial charge in [-0.1, -0.05) is 0 Å². The van der Waals surface area contributed by atoms with Crippen molar-refractivity contribution in [1.82, 2.24) is 4.90 Å². The summed E-state index contributed by atoms with van der Waals surface area (Å²) >= 11 is 0. The number of carbonyl (C=O) groups is 1. The summed E-state index contributed by atoms with van der Waals surface area (Å²) in [6, 6.07) is 5.04. The van der Waals surface area contributed by atoms with Crippen LogP contribution in [0.1, 0.15) is 0 Å². The fraction of sp³-hybridized carbons (Fsp3) is 0.462. The second kappa shape index (κ2) is 9.52. The number of ether oxygens (including phenoxy) is 2. The number of nitrogens with two attached hydrogens (primary N) is 1. The summed E-state index contributed by atoms with van der Waals surface area (Å²) in [6.45, 7) is 0.892. The lowest BCUT2D eigenvalue weighted by Gasteiger charge is -2.20. The first-order valence-electron chi connectivity index (χ1n) is 5.92. The molecule has 0 saturated heterocycles. The Morgan fingerprint density at radius 2 is 2.00 bits per heavy atom. The predicted octanol–water partition coefficient (Wildman–Crippen LogP) is 1.06. The van der Waals surface area contributed by atoms with Crippen LogP contribution in [-0.4, -0.2) is 50.8 Å². The van der Waals surface area contributed by atoms with Crippen molar-refractivity contribution in [3.05, 3.63) is 30.1 Å². The lowest BCUT2D eigenvalue weighted by Crippen LogP contribution is -2.45. The van der Waals surface area contributed by atoms with Gasteiger partial charge in [-0.05, 0) is 24.3 Å². The lowest BCUT2D eigenvalue weighted by molar-refractivity contribution is -0.132. The van der Waals surface area contributed by atoms with E-state index >= 15 is 0 Å². The largest absolute Gasteiger partial charge is 0.492 e. The van der Waals surface area contributed by atoms with E-state index in [0.29, 0.717) is 18.9 Å². The topological polar surface area (TPSA) is 64.8 Å². The highest BCUT2D eigenvalue weighted by Crippen LogP contribution is 2.10. The van der Waals surface area contributed by atoms with E-state index in [1.54, 1.807) is 7.05 Å². The van der Waals surface area contributed by atoms with Crippen molar-refractivity contribution in [2.75, 3.05) is 33.9 Å². The number of methoxy groups -OCH3 is 1. The van der Waals surface area contributed by atoms with Crippen LogP contribution in [0.15, 0.2) is 24.3 Å². The fourth-order valence-electron chi connectivity index (χ4n) is 1.48. The first kappa shape index (κ1) is 18.6. The number of hydrogen-bond donors (Lipinski definition) is 1. The summed E-state index contributed by atoms with van der Waals surface area (Å²) in [5.74, 6) is 0.0400. The van der Waals surface area contributed by atoms with Gasteiger partial charge in [-0.15, -0.1) is 12.4 Å². The number of rotatable bonds is 7. The molecule has 1 rings (SSSR count). The SMILES string of the molecule is COCC(N)C(=O)N(C)CCOc1ccc(F)cc1.Cl. The van der Waals surface area contributed by atoms with Crippen LogP contribution in [0, 0.1) is 5.82 Å². The molecule has 1 amide bonds. The van der Waals surface area contributed by atoms with Gasteiger partial charge in [-0.25, -0.2) is 4.39 Å². The average molecular weight is 307 g/mol. The Balaban J connectivity index is 0.00000361. The third kappa shape index (κ3) is 6.18. The maximum atomic E-state index is 12.7. The number of carbonyl (C=O) groups excluding carboxylic acids is 1. The van der Waals surface area contributed by atoms with Gasteiger partial charge in [0.05, 0.1) is 13.2 Å². The molecule has 0 spiro atoms. The minimum absolute atomic E-state index is 0. The maximum Gasteiger partial charge on any atom is 0.241 e. The third-order valence-corrected chi connectivity index (χ3v) is 2.55. The third-order valence-electron chi connectivity index (χ3n) is 2.55. The second-order valence-corrected chi connectivity index (χ2v) is 4.12. The molecule has 0 fully saturated rings. The van der Waals surface area contributed by atoms with Gasteiger partial charge in [-0.3, -0.25) is 4.79 Å². The number of likely N-dealkylation sites (N-methyl/N-ethyl adjacent to an activating group) is 1. The molecule has 5 nitrogen and oxygen atoms in total. The quantitative estimate of drug-likeness (QED) is 0.818. The van der Waals surface area contributed by atoms with Gasteiger partial charge < -0.3 is 20.1 Å². The van der Waals surface area contributed by atoms with Crippen molar-refractivity contribution >= 4 is 18.3 Å². The number of hydrogen-bond acceptors (Lipinski definition) is 4. The highest BCUT2D eigenvalue weighted by atomic mass is 35.5. The van der Waals surface area contributed by atoms with Crippen LogP contribution in [0.3, 0.4) is 0 Å². The molecule has 114 valence electrons. The Morgan fingerprint density at radius 1 is 1.40 bits per heavy atom. The number of halogens is 2. The molecular weight excluding hydrogens is 287 g/mol. The Kier molecular flexibility index (Phi) is 8.87. The Morgan fingerprint density at radius 3 is 2.55 bits per heavy atom. The minimum Gasteiger partial charge on any atom is -0.492 e. The van der Waals surface area contributed by atoms with Crippen molar-refractivity contribution in [1.29, 1.82) is 0 Å². The Labute approximate surface area is 124 Å². The van der Waals surface area contributed by atoms with Crippen LogP contribution in [-0.2, 0) is 9.53 Å². The summed E-state index contributed by atoms with van der Waals surface area (Å²) in [5.41, 5.74) is 5.63. The van der Waals surface area contributed by atoms with Gasteiger partial charge in [0, 0.05) is 14.2 Å². The molecular formula is C13H20ClFN2O3. The Bertz CT molecular complexity index is 403. The fourth-order valence-corrected chi connectivity index (χ4v) is 1.48. The standard InChI is InChI=1S/C13H19FN2O3.ClH/c1-16(13(17)12(15)9-18-2)7-8-19-11-5-3-10(14)4-6-11;/h3-6,12H,7-9,15H2,1-2H3;1H. The summed E-state index contributed by atoms with van der Waals surface area (Å²) < 4.78 is 22.9. The van der Waals surface area contributed by atoms with Gasteiger partial charge in [0.2, 0.25) is 5.91 Å². The number of amides is 1. The average Bonchev–Trinajstić information content (AvgIpc) is 2.40. The zero-order valence-electron chi connectivity index (χ0n) is 11.5. The van der Waals surface area contributed by atoms with Crippen molar-refractivity contribution in [2.24, 2.45) is 5.73 Å². The molecule has 1 atom stereocenters. The molecule has 0 aliphatic carbocycles. The number of nitrogens with zero attached hydrogens (tertiary/aromatic N) is 1. The molecule has 2 N–H and O–H groups in total. The van der Waals surface area contributed by atoms with Crippen LogP contribution < -0.4 is 10.5 Å². The van der Waals surface area contributed by atoms with Crippen LogP contribution >= 0.6 is 12.4 Å². The highest BCUT2D eigenvalue weighted by Gasteiger charge is 2.17. The molecule has 1 aromatic rings. The normalized spacial score (nSPS) is 11.4. The van der Waals surface area contributed by atoms with Gasteiger partial charge in [0.15, 0.2) is 0 Å². The monoisotopic (exact) mass is 306 g/mol. The van der Waals surface area contributed by atoms with Crippen LogP contribution in [0.25, 0.3) is 0 Å². The van der Waals surface area contributed by atoms with E-state index in [-0.39, 0.29) is 30.7 Å². The van der Waals surface area contributed by atoms with Gasteiger partial charge in [-0.2, -0.15) is 0 Å². The molecule has 0 heterocycles. The Hall–Kier alpha value is -1.37. The van der Waals surface area contributed by atoms with Crippen LogP contribution in [0.4, 0.5) is 4.39 Å². The zero-order valence-corrected chi connectivity index (χ0v) is 12.4. The van der Waals surface area contributed by atoms with E-state index in [1.807, 2.05) is 0 Å². The van der Waals surface area contributed by atoms with Crippen molar-refractivity contribution in [3.63, 3.8) is 0 Å². The highest BCUT2D eigenvalue weighted by molar-refractivity contribution is 5.85. The van der Waals surface area contributed by atoms with E-state index in [0.717, 1.165) is 0 Å². The predicted molar refractivity (Wildman–Crippen MR) is 76.6 cm³/mol. The molecule has 20 heavy (non-hydrogen) atoms. The molecule has 1 unspecified atom stereocenters. The van der Waals surface area contributed by atoms with Crippen molar-refractivity contribution in [3.8, 4) is 5.75 Å². The molecule has 7 heteroatoms. The number of benzene rings is 1. The molecule has 0 saturated carbocycles. The van der Waals surface area contributed by atoms with Gasteiger partial charge in [0.25, 0.3) is 0 Å². The summed E-state index contributed by atoms with van der Waals surface area (Å²) in [4.78, 5) is 13.2. The van der Waals surface area contributed by atoms with Crippen molar-refractivity contribution in [2.45, 2.75) is 6.04 Å². The van der Waals surface area contributed by atoms with E-state index in [2.05, 4.69) is 0 Å². The molecule has 0 aliphatic heterocycles. The molecule has 0 aliphatic rings. The van der Waals surface area contributed by atoms with Gasteiger partial charge in [0.1, 0.15) is 24.2 Å². The summed E-state index contributed by atoms with van der Waals surface area (Å²) in [5, 5.41) is 0. The van der Waals surface area contributed by atoms with E-state index in [9.17, 15) is 9.18 Å². The second-order valence-electron chi connectivity index (χ2n) is 4.12. The van der Waals surface area contributed by atoms with Crippen LogP contribution in [0.5, 0.6) is 5.75 Å². The summed E-state index contributed by atoms with van der Waals surface area (Å²) in [7, 11) is 3.14. The summed E-state index contributed by atoms with van der Waals surface area (Å²) in [6.07, 6.45) is 0. The minimum atomic E-state index is -0.666.